The largest absolute Gasteiger partial charge is 0.374 e. The van der Waals surface area contributed by atoms with Crippen molar-refractivity contribution in [1.29, 1.82) is 0 Å². The Bertz CT molecular complexity index is 981. The second-order valence-electron chi connectivity index (χ2n) is 6.51. The average Bonchev–Trinajstić information content (AvgIpc) is 2.96. The molecule has 0 atom stereocenters. The van der Waals surface area contributed by atoms with Crippen molar-refractivity contribution in [2.24, 2.45) is 4.99 Å². The smallest absolute Gasteiger partial charge is 0.135 e. The number of halogens is 1. The summed E-state index contributed by atoms with van der Waals surface area (Å²) in [7, 11) is 3.55. The Morgan fingerprint density at radius 3 is 2.54 bits per heavy atom. The van der Waals surface area contributed by atoms with Gasteiger partial charge in [-0.2, -0.15) is 0 Å². The molecule has 0 saturated heterocycles. The maximum atomic E-state index is 5.99. The standard InChI is InChI=1S/C19H17ClN2S2/c1-11-5-4-6-14-15-17(19(2,3)22-16(11)14)23-24-18(15)21-13-9-7-12(20)8-10-13/h4-10,22H,1-3H3. The van der Waals surface area contributed by atoms with Crippen LogP contribution in [0.25, 0.3) is 11.1 Å². The van der Waals surface area contributed by atoms with Crippen molar-refractivity contribution >= 4 is 43.7 Å². The number of nitrogens with zero attached hydrogens (tertiary/aromatic N) is 1. The van der Waals surface area contributed by atoms with Gasteiger partial charge in [0.1, 0.15) is 4.67 Å². The first-order valence-electron chi connectivity index (χ1n) is 7.78. The molecule has 0 unspecified atom stereocenters. The lowest BCUT2D eigenvalue weighted by Crippen LogP contribution is -2.32. The Balaban J connectivity index is 1.98. The Labute approximate surface area is 153 Å². The van der Waals surface area contributed by atoms with Gasteiger partial charge in [-0.25, -0.2) is 4.99 Å². The lowest BCUT2D eigenvalue weighted by Gasteiger charge is -2.34. The highest BCUT2D eigenvalue weighted by atomic mass is 35.5. The molecule has 122 valence electrons. The van der Waals surface area contributed by atoms with E-state index in [0.29, 0.717) is 0 Å². The molecular formula is C19H17ClN2S2. The van der Waals surface area contributed by atoms with Gasteiger partial charge in [-0.3, -0.25) is 0 Å². The molecule has 2 aromatic carbocycles. The topological polar surface area (TPSA) is 24.4 Å². The van der Waals surface area contributed by atoms with E-state index in [4.69, 9.17) is 16.6 Å². The Morgan fingerprint density at radius 1 is 1.04 bits per heavy atom. The average molecular weight is 373 g/mol. The van der Waals surface area contributed by atoms with Crippen LogP contribution in [0, 0.1) is 6.92 Å². The van der Waals surface area contributed by atoms with Gasteiger partial charge >= 0.3 is 0 Å². The minimum absolute atomic E-state index is 0.0939. The third-order valence-electron chi connectivity index (χ3n) is 4.25. The molecule has 4 rings (SSSR count). The number of nitrogens with one attached hydrogen (secondary N) is 1. The van der Waals surface area contributed by atoms with Crippen molar-refractivity contribution in [1.82, 2.24) is 0 Å². The fourth-order valence-electron chi connectivity index (χ4n) is 3.03. The lowest BCUT2D eigenvalue weighted by atomic mass is 9.88. The number of hydrogen-bond acceptors (Lipinski definition) is 4. The first-order chi connectivity index (χ1) is 11.5. The van der Waals surface area contributed by atoms with E-state index in [1.807, 2.05) is 34.6 Å². The van der Waals surface area contributed by atoms with E-state index in [0.717, 1.165) is 15.4 Å². The van der Waals surface area contributed by atoms with Gasteiger partial charge in [0.25, 0.3) is 0 Å². The van der Waals surface area contributed by atoms with Crippen LogP contribution >= 0.6 is 32.3 Å². The summed E-state index contributed by atoms with van der Waals surface area (Å²) in [5.74, 6) is 0. The molecule has 0 saturated carbocycles. The van der Waals surface area contributed by atoms with Gasteiger partial charge in [-0.1, -0.05) is 50.5 Å². The van der Waals surface area contributed by atoms with E-state index >= 15 is 0 Å². The van der Waals surface area contributed by atoms with E-state index < -0.39 is 0 Å². The lowest BCUT2D eigenvalue weighted by molar-refractivity contribution is 0.618. The van der Waals surface area contributed by atoms with E-state index in [1.165, 1.54) is 27.3 Å². The molecule has 0 bridgehead atoms. The third kappa shape index (κ3) is 2.59. The van der Waals surface area contributed by atoms with Gasteiger partial charge in [0, 0.05) is 21.8 Å². The zero-order valence-corrected chi connectivity index (χ0v) is 16.1. The predicted octanol–water partition coefficient (Wildman–Crippen LogP) is 6.33. The van der Waals surface area contributed by atoms with Crippen LogP contribution in [0.3, 0.4) is 0 Å². The molecule has 0 fully saturated rings. The molecule has 24 heavy (non-hydrogen) atoms. The van der Waals surface area contributed by atoms with Crippen molar-refractivity contribution in [2.45, 2.75) is 26.3 Å². The second-order valence-corrected chi connectivity index (χ2v) is 9.08. The first kappa shape index (κ1) is 15.9. The van der Waals surface area contributed by atoms with E-state index in [1.54, 1.807) is 10.3 Å². The van der Waals surface area contributed by atoms with Crippen molar-refractivity contribution in [3.05, 3.63) is 62.6 Å². The van der Waals surface area contributed by atoms with Crippen molar-refractivity contribution in [3.8, 4) is 11.1 Å². The van der Waals surface area contributed by atoms with Crippen LogP contribution in [0.2, 0.25) is 5.02 Å². The maximum absolute atomic E-state index is 5.99. The maximum Gasteiger partial charge on any atom is 0.135 e. The molecule has 2 heterocycles. The summed E-state index contributed by atoms with van der Waals surface area (Å²) in [4.78, 5) is 6.24. The predicted molar refractivity (Wildman–Crippen MR) is 106 cm³/mol. The van der Waals surface area contributed by atoms with E-state index in [-0.39, 0.29) is 5.54 Å². The summed E-state index contributed by atoms with van der Waals surface area (Å²) in [6.07, 6.45) is 0. The van der Waals surface area contributed by atoms with Gasteiger partial charge < -0.3 is 5.32 Å². The molecule has 1 N–H and O–H groups in total. The second kappa shape index (κ2) is 5.73. The summed E-state index contributed by atoms with van der Waals surface area (Å²) in [5.41, 5.74) is 5.83. The molecular weight excluding hydrogens is 356 g/mol. The van der Waals surface area contributed by atoms with Crippen LogP contribution in [0.4, 0.5) is 11.4 Å². The quantitative estimate of drug-likeness (QED) is 0.496. The molecule has 1 aromatic heterocycles. The first-order valence-corrected chi connectivity index (χ1v) is 10.3. The summed E-state index contributed by atoms with van der Waals surface area (Å²) >= 11 is 5.99. The van der Waals surface area contributed by atoms with Crippen molar-refractivity contribution < 1.29 is 0 Å². The minimum atomic E-state index is -0.0939. The zero-order valence-electron chi connectivity index (χ0n) is 13.7. The summed E-state index contributed by atoms with van der Waals surface area (Å²) in [6, 6.07) is 14.1. The molecule has 0 radical (unpaired) electrons. The fraction of sp³-hybridized carbons (Fsp3) is 0.211. The number of fused-ring (bicyclic) bond motifs is 3. The zero-order chi connectivity index (χ0) is 16.9. The number of benzene rings is 2. The molecule has 0 aliphatic carbocycles. The van der Waals surface area contributed by atoms with Crippen LogP contribution in [-0.2, 0) is 5.54 Å². The molecule has 5 heteroatoms. The van der Waals surface area contributed by atoms with Gasteiger partial charge in [-0.15, -0.1) is 0 Å². The van der Waals surface area contributed by atoms with Crippen molar-refractivity contribution in [2.75, 3.05) is 5.32 Å². The third-order valence-corrected chi connectivity index (χ3v) is 7.14. The molecule has 1 aliphatic heterocycles. The normalized spacial score (nSPS) is 15.6. The van der Waals surface area contributed by atoms with Gasteiger partial charge in [-0.05, 0) is 50.6 Å². The van der Waals surface area contributed by atoms with Crippen LogP contribution in [0.15, 0.2) is 47.5 Å². The summed E-state index contributed by atoms with van der Waals surface area (Å²) in [6.45, 7) is 6.62. The van der Waals surface area contributed by atoms with E-state index in [2.05, 4.69) is 44.3 Å². The van der Waals surface area contributed by atoms with Gasteiger partial charge in [0.15, 0.2) is 0 Å². The van der Waals surface area contributed by atoms with Gasteiger partial charge in [0.2, 0.25) is 0 Å². The minimum Gasteiger partial charge on any atom is -0.374 e. The van der Waals surface area contributed by atoms with Crippen molar-refractivity contribution in [3.63, 3.8) is 0 Å². The van der Waals surface area contributed by atoms with Gasteiger partial charge in [0.05, 0.1) is 16.1 Å². The Hall–Kier alpha value is -1.62. The van der Waals surface area contributed by atoms with Crippen LogP contribution in [0.1, 0.15) is 24.3 Å². The van der Waals surface area contributed by atoms with Crippen LogP contribution in [-0.4, -0.2) is 0 Å². The number of anilines is 1. The SMILES string of the molecule is Cc1cccc2c1NC(C)(C)c1ssc(=Nc3ccc(Cl)cc3)c1-2. The van der Waals surface area contributed by atoms with Crippen LogP contribution in [0.5, 0.6) is 0 Å². The number of hydrogen-bond donors (Lipinski definition) is 1. The highest BCUT2D eigenvalue weighted by molar-refractivity contribution is 7.68. The highest BCUT2D eigenvalue weighted by Gasteiger charge is 2.34. The Morgan fingerprint density at radius 2 is 1.79 bits per heavy atom. The number of rotatable bonds is 1. The summed E-state index contributed by atoms with van der Waals surface area (Å²) in [5, 5.41) is 4.44. The number of aryl methyl sites for hydroxylation is 1. The number of para-hydroxylation sites is 1. The van der Waals surface area contributed by atoms with Crippen LogP contribution < -0.4 is 9.99 Å². The molecule has 3 aromatic rings. The molecule has 0 spiro atoms. The Kier molecular flexibility index (Phi) is 3.79. The monoisotopic (exact) mass is 372 g/mol. The van der Waals surface area contributed by atoms with E-state index in [9.17, 15) is 0 Å². The molecule has 2 nitrogen and oxygen atoms in total. The highest BCUT2D eigenvalue weighted by Crippen LogP contribution is 2.46. The molecule has 1 aliphatic rings. The summed E-state index contributed by atoms with van der Waals surface area (Å²) < 4.78 is 1.07. The fourth-order valence-corrected chi connectivity index (χ4v) is 6.10. The molecule has 0 amide bonds.